The molecule has 4 aromatic rings. The lowest BCUT2D eigenvalue weighted by molar-refractivity contribution is -0.132. The van der Waals surface area contributed by atoms with Crippen LogP contribution in [0.15, 0.2) is 114 Å². The zero-order valence-corrected chi connectivity index (χ0v) is 27.4. The number of benzene rings is 1. The quantitative estimate of drug-likeness (QED) is 0.127. The van der Waals surface area contributed by atoms with E-state index in [0.29, 0.717) is 23.5 Å². The molecule has 1 atom stereocenters. The number of carbonyl (C=O) groups is 4. The first kappa shape index (κ1) is 35.1. The fraction of sp³-hybridized carbons (Fsp3) is 0.243. The summed E-state index contributed by atoms with van der Waals surface area (Å²) >= 11 is 0. The van der Waals surface area contributed by atoms with Crippen molar-refractivity contribution in [1.29, 1.82) is 0 Å². The van der Waals surface area contributed by atoms with Crippen molar-refractivity contribution < 1.29 is 28.7 Å². The Morgan fingerprint density at radius 2 is 1.64 bits per heavy atom. The van der Waals surface area contributed by atoms with Gasteiger partial charge in [-0.05, 0) is 43.2 Å². The summed E-state index contributed by atoms with van der Waals surface area (Å²) in [5.41, 5.74) is 0.636. The van der Waals surface area contributed by atoms with Crippen molar-refractivity contribution in [1.82, 2.24) is 24.8 Å². The molecule has 0 fully saturated rings. The normalized spacial score (nSPS) is 13.1. The Balaban J connectivity index is 1.34. The Hall–Kier alpha value is -6.24. The number of hydrogen-bond donors (Lipinski definition) is 2. The maximum Gasteiger partial charge on any atom is 0.412 e. The smallest absolute Gasteiger partial charge is 0.412 e. The van der Waals surface area contributed by atoms with Crippen LogP contribution in [0.25, 0.3) is 11.4 Å². The van der Waals surface area contributed by atoms with Crippen LogP contribution < -0.4 is 20.9 Å². The number of pyridine rings is 2. The van der Waals surface area contributed by atoms with Crippen LogP contribution in [0.1, 0.15) is 50.8 Å². The highest BCUT2D eigenvalue weighted by Gasteiger charge is 2.27. The van der Waals surface area contributed by atoms with Crippen LogP contribution in [0, 0.1) is 0 Å². The number of allylic oxidation sites excluding steroid dienone is 2. The lowest BCUT2D eigenvalue weighted by Crippen LogP contribution is -2.34. The summed E-state index contributed by atoms with van der Waals surface area (Å²) in [6.45, 7) is 1.69. The Labute approximate surface area is 288 Å². The van der Waals surface area contributed by atoms with Crippen LogP contribution in [0.3, 0.4) is 0 Å². The molecule has 2 amide bonds. The van der Waals surface area contributed by atoms with Crippen LogP contribution >= 0.6 is 0 Å². The molecule has 3 aromatic heterocycles. The number of Topliss-reactive ketones (excluding diaryl/α,β-unsaturated/α-hetero) is 1. The minimum Gasteiger partial charge on any atom is -0.443 e. The molecule has 0 spiro atoms. The number of anilines is 1. The number of ether oxygens (including phenoxy) is 2. The maximum atomic E-state index is 14.0. The second-order valence-electron chi connectivity index (χ2n) is 11.3. The molecule has 0 aliphatic heterocycles. The van der Waals surface area contributed by atoms with E-state index in [2.05, 4.69) is 25.6 Å². The number of ketones is 2. The Morgan fingerprint density at radius 1 is 0.880 bits per heavy atom. The Bertz CT molecular complexity index is 1940. The first-order valence-corrected chi connectivity index (χ1v) is 16.2. The van der Waals surface area contributed by atoms with Gasteiger partial charge in [0.2, 0.25) is 23.4 Å². The number of aromatic nitrogens is 4. The van der Waals surface area contributed by atoms with E-state index in [9.17, 15) is 24.0 Å². The molecule has 50 heavy (non-hydrogen) atoms. The number of nitrogens with one attached hydrogen (secondary N) is 2. The molecular weight excluding hydrogens is 640 g/mol. The minimum atomic E-state index is -0.843. The van der Waals surface area contributed by atoms with Crippen molar-refractivity contribution in [2.45, 2.75) is 51.7 Å². The van der Waals surface area contributed by atoms with Gasteiger partial charge in [-0.15, -0.1) is 0 Å². The second-order valence-corrected chi connectivity index (χ2v) is 11.3. The Morgan fingerprint density at radius 3 is 2.36 bits per heavy atom. The van der Waals surface area contributed by atoms with Crippen LogP contribution in [0.5, 0.6) is 5.88 Å². The van der Waals surface area contributed by atoms with Gasteiger partial charge < -0.3 is 14.8 Å². The van der Waals surface area contributed by atoms with Gasteiger partial charge in [-0.25, -0.2) is 14.8 Å². The number of nitrogens with zero attached hydrogens (tertiary/aromatic N) is 4. The van der Waals surface area contributed by atoms with Gasteiger partial charge in [0.05, 0.1) is 24.0 Å². The molecule has 3 heterocycles. The standard InChI is InChI=1S/C37H36N6O7/c1-2-3-14-27(16-19-32(45)40-22-28-31(18-17-30(44)34(28)46)50-33-15-8-10-21-39-33)43-35(25-11-5-4-6-12-25)41-23-29(36(43)47)42-37(48)49-24-26-13-7-9-20-38-26/h4-13,15,17-18,20-21,23,27H,2-3,14,16,19,22,24H2,1H3,(H,40,45)(H,42,48). The molecule has 0 radical (unpaired) electrons. The third kappa shape index (κ3) is 9.22. The lowest BCUT2D eigenvalue weighted by atomic mass is 10.00. The van der Waals surface area contributed by atoms with Crippen molar-refractivity contribution in [2.75, 3.05) is 11.9 Å². The molecule has 13 heteroatoms. The molecule has 5 rings (SSSR count). The average Bonchev–Trinajstić information content (AvgIpc) is 3.14. The summed E-state index contributed by atoms with van der Waals surface area (Å²) in [7, 11) is 0. The number of carbonyl (C=O) groups excluding carboxylic acids is 4. The van der Waals surface area contributed by atoms with E-state index in [-0.39, 0.29) is 48.9 Å². The fourth-order valence-corrected chi connectivity index (χ4v) is 5.25. The number of unbranched alkanes of at least 4 members (excludes halogenated alkanes) is 1. The SMILES string of the molecule is CCCCC(CCC(=O)NCC1=C(Oc2ccccn2)C=CC(=O)C1=O)n1c(-c2ccccc2)ncc(NC(=O)OCc2ccccn2)c1=O. The molecule has 13 nitrogen and oxygen atoms in total. The number of hydrogen-bond acceptors (Lipinski definition) is 10. The first-order chi connectivity index (χ1) is 24.3. The van der Waals surface area contributed by atoms with Gasteiger partial charge in [0.15, 0.2) is 0 Å². The summed E-state index contributed by atoms with van der Waals surface area (Å²) < 4.78 is 12.5. The largest absolute Gasteiger partial charge is 0.443 e. The van der Waals surface area contributed by atoms with Gasteiger partial charge >= 0.3 is 6.09 Å². The summed E-state index contributed by atoms with van der Waals surface area (Å²) in [5.74, 6) is -1.19. The zero-order chi connectivity index (χ0) is 35.3. The molecule has 0 saturated carbocycles. The molecule has 1 unspecified atom stereocenters. The molecule has 0 saturated heterocycles. The zero-order valence-electron chi connectivity index (χ0n) is 27.4. The van der Waals surface area contributed by atoms with E-state index in [1.807, 2.05) is 37.3 Å². The molecule has 1 aromatic carbocycles. The topological polar surface area (TPSA) is 171 Å². The van der Waals surface area contributed by atoms with Gasteiger partial charge in [-0.2, -0.15) is 0 Å². The highest BCUT2D eigenvalue weighted by atomic mass is 16.5. The average molecular weight is 677 g/mol. The monoisotopic (exact) mass is 676 g/mol. The second kappa shape index (κ2) is 17.2. The molecular formula is C37H36N6O7. The van der Waals surface area contributed by atoms with Crippen molar-refractivity contribution in [3.05, 3.63) is 125 Å². The van der Waals surface area contributed by atoms with Crippen LogP contribution in [-0.2, 0) is 25.7 Å². The first-order valence-electron chi connectivity index (χ1n) is 16.2. The predicted molar refractivity (Wildman–Crippen MR) is 184 cm³/mol. The van der Waals surface area contributed by atoms with Gasteiger partial charge in [0, 0.05) is 36.5 Å². The van der Waals surface area contributed by atoms with E-state index >= 15 is 0 Å². The van der Waals surface area contributed by atoms with Gasteiger partial charge in [-0.3, -0.25) is 34.0 Å². The van der Waals surface area contributed by atoms with E-state index < -0.39 is 35.2 Å². The van der Waals surface area contributed by atoms with E-state index in [1.54, 1.807) is 42.6 Å². The van der Waals surface area contributed by atoms with Crippen molar-refractivity contribution in [3.63, 3.8) is 0 Å². The molecule has 0 bridgehead atoms. The predicted octanol–water partition coefficient (Wildman–Crippen LogP) is 5.12. The number of rotatable bonds is 15. The molecule has 256 valence electrons. The molecule has 1 aliphatic carbocycles. The summed E-state index contributed by atoms with van der Waals surface area (Å²) in [4.78, 5) is 77.6. The van der Waals surface area contributed by atoms with E-state index in [1.165, 1.54) is 23.0 Å². The lowest BCUT2D eigenvalue weighted by Gasteiger charge is -2.24. The summed E-state index contributed by atoms with van der Waals surface area (Å²) in [5, 5.41) is 5.23. The molecule has 1 aliphatic rings. The van der Waals surface area contributed by atoms with Crippen LogP contribution in [0.2, 0.25) is 0 Å². The van der Waals surface area contributed by atoms with E-state index in [0.717, 1.165) is 18.9 Å². The fourth-order valence-electron chi connectivity index (χ4n) is 5.25. The highest BCUT2D eigenvalue weighted by Crippen LogP contribution is 2.27. The van der Waals surface area contributed by atoms with Gasteiger partial charge in [0.25, 0.3) is 5.56 Å². The number of amides is 2. The van der Waals surface area contributed by atoms with Crippen molar-refractivity contribution >= 4 is 29.3 Å². The van der Waals surface area contributed by atoms with E-state index in [4.69, 9.17) is 9.47 Å². The van der Waals surface area contributed by atoms with Crippen LogP contribution in [-0.4, -0.2) is 49.6 Å². The summed E-state index contributed by atoms with van der Waals surface area (Å²) in [6, 6.07) is 18.9. The minimum absolute atomic E-state index is 0.000438. The summed E-state index contributed by atoms with van der Waals surface area (Å²) in [6.07, 6.45) is 8.40. The van der Waals surface area contributed by atoms with Crippen LogP contribution in [0.4, 0.5) is 10.5 Å². The maximum absolute atomic E-state index is 14.0. The van der Waals surface area contributed by atoms with Crippen molar-refractivity contribution in [2.24, 2.45) is 0 Å². The van der Waals surface area contributed by atoms with Gasteiger partial charge in [-0.1, -0.05) is 62.2 Å². The van der Waals surface area contributed by atoms with Gasteiger partial charge in [0.1, 0.15) is 23.9 Å². The third-order valence-electron chi connectivity index (χ3n) is 7.80. The Kier molecular flexibility index (Phi) is 12.1. The third-order valence-corrected chi connectivity index (χ3v) is 7.80. The highest BCUT2D eigenvalue weighted by molar-refractivity contribution is 6.48. The molecule has 2 N–H and O–H groups in total. The van der Waals surface area contributed by atoms with Crippen molar-refractivity contribution in [3.8, 4) is 17.3 Å².